The molecule has 2 rings (SSSR count). The van der Waals surface area contributed by atoms with Crippen LogP contribution in [-0.2, 0) is 0 Å². The zero-order valence-corrected chi connectivity index (χ0v) is 8.14. The van der Waals surface area contributed by atoms with Crippen LogP contribution in [0.15, 0.2) is 29.1 Å². The van der Waals surface area contributed by atoms with E-state index in [-0.39, 0.29) is 0 Å². The van der Waals surface area contributed by atoms with Crippen LogP contribution in [0.25, 0.3) is 11.6 Å². The standard InChI is InChI=1S/C10H11N3O/c1-7(2)8-4-3-5-11-9(8)10-13-12-6-14-10/h3-7H,1-2H3. The Morgan fingerprint density at radius 1 is 1.36 bits per heavy atom. The molecule has 0 radical (unpaired) electrons. The van der Waals surface area contributed by atoms with Crippen LogP contribution in [-0.4, -0.2) is 15.2 Å². The molecule has 0 aliphatic carbocycles. The quantitative estimate of drug-likeness (QED) is 0.727. The third kappa shape index (κ3) is 1.51. The van der Waals surface area contributed by atoms with Gasteiger partial charge in [0.05, 0.1) is 0 Å². The van der Waals surface area contributed by atoms with Crippen LogP contribution in [0.1, 0.15) is 25.3 Å². The molecule has 0 spiro atoms. The molecule has 0 aromatic carbocycles. The van der Waals surface area contributed by atoms with Gasteiger partial charge < -0.3 is 4.42 Å². The summed E-state index contributed by atoms with van der Waals surface area (Å²) in [5.41, 5.74) is 1.90. The first-order valence-electron chi connectivity index (χ1n) is 4.50. The van der Waals surface area contributed by atoms with Crippen molar-refractivity contribution < 1.29 is 4.42 Å². The van der Waals surface area contributed by atoms with E-state index in [4.69, 9.17) is 4.42 Å². The maximum absolute atomic E-state index is 5.13. The van der Waals surface area contributed by atoms with Crippen molar-refractivity contribution in [3.63, 3.8) is 0 Å². The molecule has 2 heterocycles. The minimum atomic E-state index is 0.394. The Morgan fingerprint density at radius 3 is 2.86 bits per heavy atom. The summed E-state index contributed by atoms with van der Waals surface area (Å²) in [4.78, 5) is 4.25. The third-order valence-corrected chi connectivity index (χ3v) is 2.02. The first-order chi connectivity index (χ1) is 6.79. The van der Waals surface area contributed by atoms with Gasteiger partial charge in [-0.3, -0.25) is 4.98 Å². The first kappa shape index (κ1) is 8.87. The highest BCUT2D eigenvalue weighted by Gasteiger charge is 2.12. The minimum Gasteiger partial charge on any atom is -0.422 e. The number of pyridine rings is 1. The van der Waals surface area contributed by atoms with Gasteiger partial charge in [-0.1, -0.05) is 19.9 Å². The smallest absolute Gasteiger partial charge is 0.266 e. The van der Waals surface area contributed by atoms with E-state index in [1.807, 2.05) is 12.1 Å². The highest BCUT2D eigenvalue weighted by atomic mass is 16.4. The molecular formula is C10H11N3O. The highest BCUT2D eigenvalue weighted by molar-refractivity contribution is 5.53. The Kier molecular flexibility index (Phi) is 2.26. The zero-order chi connectivity index (χ0) is 9.97. The molecule has 0 aliphatic rings. The van der Waals surface area contributed by atoms with Gasteiger partial charge in [0, 0.05) is 6.20 Å². The SMILES string of the molecule is CC(C)c1cccnc1-c1nnco1. The lowest BCUT2D eigenvalue weighted by Crippen LogP contribution is -1.95. The molecule has 0 amide bonds. The van der Waals surface area contributed by atoms with Crippen LogP contribution in [0.3, 0.4) is 0 Å². The van der Waals surface area contributed by atoms with E-state index in [9.17, 15) is 0 Å². The monoisotopic (exact) mass is 189 g/mol. The van der Waals surface area contributed by atoms with E-state index in [2.05, 4.69) is 29.0 Å². The van der Waals surface area contributed by atoms with Crippen LogP contribution < -0.4 is 0 Å². The van der Waals surface area contributed by atoms with Crippen molar-refractivity contribution in [2.75, 3.05) is 0 Å². The van der Waals surface area contributed by atoms with Crippen LogP contribution in [0.4, 0.5) is 0 Å². The van der Waals surface area contributed by atoms with Crippen molar-refractivity contribution >= 4 is 0 Å². The molecular weight excluding hydrogens is 178 g/mol. The average molecular weight is 189 g/mol. The molecule has 0 fully saturated rings. The predicted molar refractivity (Wildman–Crippen MR) is 51.6 cm³/mol. The average Bonchev–Trinajstić information content (AvgIpc) is 2.70. The Labute approximate surface area is 82.0 Å². The van der Waals surface area contributed by atoms with Gasteiger partial charge in [-0.15, -0.1) is 10.2 Å². The molecule has 0 saturated carbocycles. The summed E-state index contributed by atoms with van der Waals surface area (Å²) in [6.45, 7) is 4.22. The molecule has 2 aromatic heterocycles. The van der Waals surface area contributed by atoms with E-state index in [0.29, 0.717) is 11.8 Å². The summed E-state index contributed by atoms with van der Waals surface area (Å²) in [7, 11) is 0. The molecule has 0 atom stereocenters. The van der Waals surface area contributed by atoms with Gasteiger partial charge in [0.2, 0.25) is 6.39 Å². The fourth-order valence-corrected chi connectivity index (χ4v) is 1.34. The van der Waals surface area contributed by atoms with Crippen molar-refractivity contribution in [1.82, 2.24) is 15.2 Å². The van der Waals surface area contributed by atoms with Gasteiger partial charge in [-0.25, -0.2) is 0 Å². The van der Waals surface area contributed by atoms with Gasteiger partial charge >= 0.3 is 0 Å². The number of rotatable bonds is 2. The maximum Gasteiger partial charge on any atom is 0.266 e. The topological polar surface area (TPSA) is 51.8 Å². The van der Waals surface area contributed by atoms with Crippen LogP contribution in [0.2, 0.25) is 0 Å². The van der Waals surface area contributed by atoms with Crippen molar-refractivity contribution in [2.45, 2.75) is 19.8 Å². The summed E-state index contributed by atoms with van der Waals surface area (Å²) >= 11 is 0. The molecule has 0 bridgehead atoms. The summed E-state index contributed by atoms with van der Waals surface area (Å²) in [5.74, 6) is 0.875. The Balaban J connectivity index is 2.53. The normalized spacial score (nSPS) is 10.8. The molecule has 0 aliphatic heterocycles. The lowest BCUT2D eigenvalue weighted by molar-refractivity contribution is 0.564. The highest BCUT2D eigenvalue weighted by Crippen LogP contribution is 2.24. The number of hydrogen-bond donors (Lipinski definition) is 0. The van der Waals surface area contributed by atoms with Crippen molar-refractivity contribution in [2.24, 2.45) is 0 Å². The molecule has 4 nitrogen and oxygen atoms in total. The fraction of sp³-hybridized carbons (Fsp3) is 0.300. The van der Waals surface area contributed by atoms with Gasteiger partial charge in [0.25, 0.3) is 5.89 Å². The molecule has 4 heteroatoms. The van der Waals surface area contributed by atoms with Crippen molar-refractivity contribution in [3.05, 3.63) is 30.3 Å². The Bertz CT molecular complexity index is 409. The van der Waals surface area contributed by atoms with E-state index in [1.165, 1.54) is 6.39 Å². The second-order valence-electron chi connectivity index (χ2n) is 3.34. The molecule has 14 heavy (non-hydrogen) atoms. The van der Waals surface area contributed by atoms with E-state index >= 15 is 0 Å². The maximum atomic E-state index is 5.13. The summed E-state index contributed by atoms with van der Waals surface area (Å²) in [6, 6.07) is 3.94. The first-order valence-corrected chi connectivity index (χ1v) is 4.50. The molecule has 72 valence electrons. The van der Waals surface area contributed by atoms with E-state index in [1.54, 1.807) is 6.20 Å². The fourth-order valence-electron chi connectivity index (χ4n) is 1.34. The van der Waals surface area contributed by atoms with Gasteiger partial charge in [0.15, 0.2) is 0 Å². The Morgan fingerprint density at radius 2 is 2.21 bits per heavy atom. The molecule has 0 saturated heterocycles. The summed E-state index contributed by atoms with van der Waals surface area (Å²) in [5, 5.41) is 7.49. The van der Waals surface area contributed by atoms with E-state index < -0.39 is 0 Å². The summed E-state index contributed by atoms with van der Waals surface area (Å²) in [6.07, 6.45) is 3.04. The van der Waals surface area contributed by atoms with Crippen LogP contribution in [0.5, 0.6) is 0 Å². The van der Waals surface area contributed by atoms with Crippen LogP contribution >= 0.6 is 0 Å². The second-order valence-corrected chi connectivity index (χ2v) is 3.34. The van der Waals surface area contributed by atoms with Gasteiger partial charge in [-0.2, -0.15) is 0 Å². The molecule has 2 aromatic rings. The largest absolute Gasteiger partial charge is 0.422 e. The summed E-state index contributed by atoms with van der Waals surface area (Å²) < 4.78 is 5.13. The second kappa shape index (κ2) is 3.57. The van der Waals surface area contributed by atoms with Crippen molar-refractivity contribution in [1.29, 1.82) is 0 Å². The number of aromatic nitrogens is 3. The predicted octanol–water partition coefficient (Wildman–Crippen LogP) is 2.25. The Hall–Kier alpha value is -1.71. The number of hydrogen-bond acceptors (Lipinski definition) is 4. The third-order valence-electron chi connectivity index (χ3n) is 2.02. The zero-order valence-electron chi connectivity index (χ0n) is 8.14. The van der Waals surface area contributed by atoms with Gasteiger partial charge in [0.1, 0.15) is 5.69 Å². The van der Waals surface area contributed by atoms with Crippen LogP contribution in [0, 0.1) is 0 Å². The number of nitrogens with zero attached hydrogens (tertiary/aromatic N) is 3. The minimum absolute atomic E-state index is 0.394. The van der Waals surface area contributed by atoms with Gasteiger partial charge in [-0.05, 0) is 17.5 Å². The van der Waals surface area contributed by atoms with Crippen molar-refractivity contribution in [3.8, 4) is 11.6 Å². The lowest BCUT2D eigenvalue weighted by Gasteiger charge is -2.07. The molecule has 0 N–H and O–H groups in total. The van der Waals surface area contributed by atoms with E-state index in [0.717, 1.165) is 11.3 Å². The molecule has 0 unspecified atom stereocenters. The lowest BCUT2D eigenvalue weighted by atomic mass is 10.0.